The summed E-state index contributed by atoms with van der Waals surface area (Å²) in [4.78, 5) is 21.8. The van der Waals surface area contributed by atoms with Gasteiger partial charge in [0.15, 0.2) is 5.13 Å². The summed E-state index contributed by atoms with van der Waals surface area (Å²) in [6.45, 7) is 1.81. The van der Waals surface area contributed by atoms with E-state index in [0.29, 0.717) is 38.8 Å². The molecule has 0 fully saturated rings. The van der Waals surface area contributed by atoms with Crippen molar-refractivity contribution in [2.24, 2.45) is 0 Å². The van der Waals surface area contributed by atoms with Gasteiger partial charge in [-0.3, -0.25) is 9.36 Å². The van der Waals surface area contributed by atoms with Crippen LogP contribution in [0.4, 0.5) is 10.2 Å². The average molecular weight is 443 g/mol. The van der Waals surface area contributed by atoms with Gasteiger partial charge in [0.2, 0.25) is 0 Å². The van der Waals surface area contributed by atoms with Gasteiger partial charge in [-0.2, -0.15) is 0 Å². The number of carbonyl (C=O) groups is 1. The predicted molar refractivity (Wildman–Crippen MR) is 115 cm³/mol. The van der Waals surface area contributed by atoms with E-state index in [1.54, 1.807) is 41.1 Å². The molecule has 9 heteroatoms. The fourth-order valence-electron chi connectivity index (χ4n) is 2.94. The number of aryl methyl sites for hydroxylation is 1. The number of anilines is 1. The van der Waals surface area contributed by atoms with Gasteiger partial charge in [0.25, 0.3) is 5.91 Å². The second-order valence-electron chi connectivity index (χ2n) is 6.35. The van der Waals surface area contributed by atoms with Crippen LogP contribution in [0.25, 0.3) is 16.4 Å². The summed E-state index contributed by atoms with van der Waals surface area (Å²) >= 11 is 7.43. The van der Waals surface area contributed by atoms with Crippen LogP contribution in [0.3, 0.4) is 0 Å². The summed E-state index contributed by atoms with van der Waals surface area (Å²) in [5, 5.41) is 5.76. The molecule has 0 radical (unpaired) electrons. The lowest BCUT2D eigenvalue weighted by atomic mass is 10.2. The lowest BCUT2D eigenvalue weighted by molar-refractivity contribution is 0.102. The summed E-state index contributed by atoms with van der Waals surface area (Å²) in [7, 11) is 1.49. The summed E-state index contributed by atoms with van der Waals surface area (Å²) in [5.74, 6) is 0.836. The van der Waals surface area contributed by atoms with Crippen LogP contribution in [-0.4, -0.2) is 27.6 Å². The van der Waals surface area contributed by atoms with Gasteiger partial charge in [0, 0.05) is 16.0 Å². The van der Waals surface area contributed by atoms with E-state index < -0.39 is 0 Å². The Balaban J connectivity index is 1.65. The number of ether oxygens (including phenoxy) is 1. The number of imidazole rings is 1. The minimum atomic E-state index is -0.384. The lowest BCUT2D eigenvalue weighted by Gasteiger charge is -2.11. The van der Waals surface area contributed by atoms with Gasteiger partial charge in [-0.25, -0.2) is 14.4 Å². The van der Waals surface area contributed by atoms with Gasteiger partial charge in [0.05, 0.1) is 24.6 Å². The van der Waals surface area contributed by atoms with Crippen molar-refractivity contribution in [1.82, 2.24) is 14.5 Å². The molecule has 1 amide bonds. The van der Waals surface area contributed by atoms with Crippen LogP contribution < -0.4 is 10.1 Å². The minimum absolute atomic E-state index is 0.305. The van der Waals surface area contributed by atoms with Crippen LogP contribution in [0.2, 0.25) is 5.02 Å². The van der Waals surface area contributed by atoms with Crippen LogP contribution in [-0.2, 0) is 0 Å². The van der Waals surface area contributed by atoms with Gasteiger partial charge in [0.1, 0.15) is 23.2 Å². The average Bonchev–Trinajstić information content (AvgIpc) is 3.35. The number of amides is 1. The molecule has 0 spiro atoms. The number of thiazole rings is 1. The highest BCUT2D eigenvalue weighted by Crippen LogP contribution is 2.29. The molecule has 4 rings (SSSR count). The molecular weight excluding hydrogens is 427 g/mol. The number of carbonyl (C=O) groups excluding carboxylic acids is 1. The number of aromatic nitrogens is 3. The smallest absolute Gasteiger partial charge is 0.260 e. The molecule has 0 atom stereocenters. The molecule has 0 unspecified atom stereocenters. The Morgan fingerprint density at radius 2 is 2.00 bits per heavy atom. The number of rotatable bonds is 5. The van der Waals surface area contributed by atoms with Crippen molar-refractivity contribution in [3.05, 3.63) is 76.3 Å². The third-order valence-corrected chi connectivity index (χ3v) is 5.47. The Morgan fingerprint density at radius 3 is 2.73 bits per heavy atom. The Kier molecular flexibility index (Phi) is 5.52. The fourth-order valence-corrected chi connectivity index (χ4v) is 4.00. The molecule has 0 aliphatic heterocycles. The standard InChI is InChI=1S/C21H16ClFN4O2S/c1-12-24-10-19(26-20(28)16-9-14(22)5-8-18(16)29-2)27(12)21-25-17(11-30-21)13-3-6-15(23)7-4-13/h3-11H,1-2H3,(H,26,28). The number of hydrogen-bond donors (Lipinski definition) is 1. The normalized spacial score (nSPS) is 10.8. The Bertz CT molecular complexity index is 1220. The van der Waals surface area contributed by atoms with Crippen LogP contribution >= 0.6 is 22.9 Å². The molecule has 6 nitrogen and oxygen atoms in total. The highest BCUT2D eigenvalue weighted by atomic mass is 35.5. The second kappa shape index (κ2) is 8.25. The van der Waals surface area contributed by atoms with E-state index in [-0.39, 0.29) is 11.7 Å². The highest BCUT2D eigenvalue weighted by Gasteiger charge is 2.18. The third-order valence-electron chi connectivity index (χ3n) is 4.41. The molecular formula is C21H16ClFN4O2S. The van der Waals surface area contributed by atoms with Crippen molar-refractivity contribution >= 4 is 34.7 Å². The predicted octanol–water partition coefficient (Wildman–Crippen LogP) is 5.36. The number of nitrogens with one attached hydrogen (secondary N) is 1. The van der Waals surface area contributed by atoms with E-state index in [4.69, 9.17) is 16.3 Å². The van der Waals surface area contributed by atoms with Crippen molar-refractivity contribution in [2.75, 3.05) is 12.4 Å². The summed E-state index contributed by atoms with van der Waals surface area (Å²) in [6, 6.07) is 10.9. The van der Waals surface area contributed by atoms with E-state index in [0.717, 1.165) is 5.56 Å². The minimum Gasteiger partial charge on any atom is -0.496 e. The summed E-state index contributed by atoms with van der Waals surface area (Å²) < 4.78 is 20.2. The van der Waals surface area contributed by atoms with Gasteiger partial charge in [-0.15, -0.1) is 11.3 Å². The van der Waals surface area contributed by atoms with E-state index >= 15 is 0 Å². The van der Waals surface area contributed by atoms with Crippen LogP contribution in [0.5, 0.6) is 5.75 Å². The van der Waals surface area contributed by atoms with E-state index in [2.05, 4.69) is 15.3 Å². The molecule has 2 heterocycles. The zero-order valence-corrected chi connectivity index (χ0v) is 17.6. The summed E-state index contributed by atoms with van der Waals surface area (Å²) in [6.07, 6.45) is 1.56. The summed E-state index contributed by atoms with van der Waals surface area (Å²) in [5.41, 5.74) is 1.81. The Hall–Kier alpha value is -3.23. The van der Waals surface area contributed by atoms with Crippen molar-refractivity contribution < 1.29 is 13.9 Å². The highest BCUT2D eigenvalue weighted by molar-refractivity contribution is 7.12. The molecule has 0 saturated carbocycles. The molecule has 4 aromatic rings. The number of methoxy groups -OCH3 is 1. The van der Waals surface area contributed by atoms with E-state index in [1.165, 1.54) is 30.6 Å². The van der Waals surface area contributed by atoms with Gasteiger partial charge in [-0.1, -0.05) is 11.6 Å². The van der Waals surface area contributed by atoms with Crippen molar-refractivity contribution in [1.29, 1.82) is 0 Å². The topological polar surface area (TPSA) is 69.0 Å². The maximum absolute atomic E-state index is 13.2. The zero-order valence-electron chi connectivity index (χ0n) is 16.0. The number of hydrogen-bond acceptors (Lipinski definition) is 5. The first-order valence-electron chi connectivity index (χ1n) is 8.87. The zero-order chi connectivity index (χ0) is 21.3. The van der Waals surface area contributed by atoms with Crippen molar-refractivity contribution in [2.45, 2.75) is 6.92 Å². The Labute approximate surface area is 180 Å². The molecule has 0 aliphatic rings. The van der Waals surface area contributed by atoms with Gasteiger partial charge < -0.3 is 10.1 Å². The number of nitrogens with zero attached hydrogens (tertiary/aromatic N) is 3. The molecule has 1 N–H and O–H groups in total. The molecule has 0 bridgehead atoms. The van der Waals surface area contributed by atoms with Crippen molar-refractivity contribution in [3.8, 4) is 22.1 Å². The largest absolute Gasteiger partial charge is 0.496 e. The van der Waals surface area contributed by atoms with Crippen molar-refractivity contribution in [3.63, 3.8) is 0 Å². The monoisotopic (exact) mass is 442 g/mol. The maximum atomic E-state index is 13.2. The van der Waals surface area contributed by atoms with Gasteiger partial charge in [-0.05, 0) is 49.4 Å². The number of benzene rings is 2. The first kappa shape index (κ1) is 20.1. The fraction of sp³-hybridized carbons (Fsp3) is 0.0952. The van der Waals surface area contributed by atoms with Crippen LogP contribution in [0, 0.1) is 12.7 Å². The molecule has 0 saturated heterocycles. The Morgan fingerprint density at radius 1 is 1.23 bits per heavy atom. The molecule has 152 valence electrons. The second-order valence-corrected chi connectivity index (χ2v) is 7.62. The molecule has 2 aromatic carbocycles. The molecule has 0 aliphatic carbocycles. The van der Waals surface area contributed by atoms with E-state index in [9.17, 15) is 9.18 Å². The quantitative estimate of drug-likeness (QED) is 0.452. The van der Waals surface area contributed by atoms with Gasteiger partial charge >= 0.3 is 0 Å². The maximum Gasteiger partial charge on any atom is 0.260 e. The first-order chi connectivity index (χ1) is 14.5. The van der Waals surface area contributed by atoms with Crippen LogP contribution in [0.1, 0.15) is 16.2 Å². The molecule has 30 heavy (non-hydrogen) atoms. The first-order valence-corrected chi connectivity index (χ1v) is 10.1. The molecule has 2 aromatic heterocycles. The lowest BCUT2D eigenvalue weighted by Crippen LogP contribution is -2.16. The third kappa shape index (κ3) is 3.92. The number of halogens is 2. The SMILES string of the molecule is COc1ccc(Cl)cc1C(=O)Nc1cnc(C)n1-c1nc(-c2ccc(F)cc2)cs1. The van der Waals surface area contributed by atoms with Crippen LogP contribution in [0.15, 0.2) is 54.0 Å². The van der Waals surface area contributed by atoms with E-state index in [1.807, 2.05) is 12.3 Å².